The van der Waals surface area contributed by atoms with E-state index in [2.05, 4.69) is 4.98 Å². The molecule has 0 saturated heterocycles. The molecule has 2 heterocycles. The first-order chi connectivity index (χ1) is 17.4. The highest BCUT2D eigenvalue weighted by Crippen LogP contribution is 2.44. The maximum absolute atomic E-state index is 13.9. The summed E-state index contributed by atoms with van der Waals surface area (Å²) in [5.41, 5.74) is 2.27. The SMILES string of the molecule is COc1ccc(N2C(=O)C(O)=C(C(=O)c3sc(-c4ccccc4)nc3C)C2c2cccc(O)c2)cc1. The molecule has 1 atom stereocenters. The summed E-state index contributed by atoms with van der Waals surface area (Å²) in [5.74, 6) is -1.24. The first-order valence-corrected chi connectivity index (χ1v) is 12.0. The number of phenols is 1. The van der Waals surface area contributed by atoms with Crippen molar-refractivity contribution in [1.29, 1.82) is 0 Å². The van der Waals surface area contributed by atoms with Crippen LogP contribution in [-0.4, -0.2) is 34.0 Å². The number of aliphatic hydroxyl groups is 1. The van der Waals surface area contributed by atoms with Gasteiger partial charge in [0.1, 0.15) is 16.5 Å². The van der Waals surface area contributed by atoms with E-state index in [4.69, 9.17) is 4.74 Å². The molecule has 1 aliphatic rings. The number of nitrogens with zero attached hydrogens (tertiary/aromatic N) is 2. The maximum Gasteiger partial charge on any atom is 0.294 e. The fraction of sp³-hybridized carbons (Fsp3) is 0.107. The zero-order valence-corrected chi connectivity index (χ0v) is 20.3. The number of rotatable bonds is 6. The van der Waals surface area contributed by atoms with Crippen molar-refractivity contribution >= 4 is 28.7 Å². The van der Waals surface area contributed by atoms with E-state index in [0.29, 0.717) is 32.6 Å². The van der Waals surface area contributed by atoms with Crippen LogP contribution in [0.4, 0.5) is 5.69 Å². The number of hydrogen-bond acceptors (Lipinski definition) is 7. The predicted octanol–water partition coefficient (Wildman–Crippen LogP) is 5.62. The first kappa shape index (κ1) is 23.3. The minimum Gasteiger partial charge on any atom is -0.508 e. The molecule has 0 aliphatic carbocycles. The third-order valence-corrected chi connectivity index (χ3v) is 7.22. The molecular weight excluding hydrogens is 476 g/mol. The molecule has 0 fully saturated rings. The third kappa shape index (κ3) is 4.01. The first-order valence-electron chi connectivity index (χ1n) is 11.2. The Kier molecular flexibility index (Phi) is 6.03. The van der Waals surface area contributed by atoms with Crippen molar-refractivity contribution in [3.05, 3.63) is 106 Å². The van der Waals surface area contributed by atoms with Crippen LogP contribution >= 0.6 is 11.3 Å². The molecule has 8 heteroatoms. The summed E-state index contributed by atoms with van der Waals surface area (Å²) in [6.07, 6.45) is 0. The normalized spacial score (nSPS) is 15.4. The van der Waals surface area contributed by atoms with Crippen LogP contribution in [0.5, 0.6) is 11.5 Å². The molecule has 180 valence electrons. The van der Waals surface area contributed by atoms with Crippen molar-refractivity contribution in [3.63, 3.8) is 0 Å². The number of anilines is 1. The number of aryl methyl sites for hydroxylation is 1. The van der Waals surface area contributed by atoms with Gasteiger partial charge in [0, 0.05) is 11.3 Å². The highest BCUT2D eigenvalue weighted by molar-refractivity contribution is 7.17. The van der Waals surface area contributed by atoms with Crippen LogP contribution in [0.15, 0.2) is 90.2 Å². The van der Waals surface area contributed by atoms with Crippen LogP contribution in [-0.2, 0) is 4.79 Å². The third-order valence-electron chi connectivity index (χ3n) is 6.01. The molecule has 1 aliphatic heterocycles. The number of ether oxygens (including phenoxy) is 1. The molecule has 5 rings (SSSR count). The van der Waals surface area contributed by atoms with Gasteiger partial charge in [-0.15, -0.1) is 11.3 Å². The van der Waals surface area contributed by atoms with Crippen molar-refractivity contribution in [1.82, 2.24) is 4.98 Å². The van der Waals surface area contributed by atoms with Gasteiger partial charge in [-0.3, -0.25) is 14.5 Å². The molecule has 0 spiro atoms. The van der Waals surface area contributed by atoms with E-state index < -0.39 is 23.5 Å². The predicted molar refractivity (Wildman–Crippen MR) is 138 cm³/mol. The molecule has 4 aromatic rings. The van der Waals surface area contributed by atoms with Gasteiger partial charge in [0.25, 0.3) is 5.91 Å². The quantitative estimate of drug-likeness (QED) is 0.335. The standard InChI is InChI=1S/C28H22N2O5S/c1-16-26(36-27(29-16)17-7-4-3-5-8-17)24(32)22-23(18-9-6-10-20(31)15-18)30(28(34)25(22)33)19-11-13-21(35-2)14-12-19/h3-15,23,31,33H,1-2H3. The van der Waals surface area contributed by atoms with Gasteiger partial charge in [-0.2, -0.15) is 0 Å². The second-order valence-electron chi connectivity index (χ2n) is 8.26. The van der Waals surface area contributed by atoms with Crippen molar-refractivity contribution in [2.24, 2.45) is 0 Å². The molecule has 1 unspecified atom stereocenters. The number of phenolic OH excluding ortho intramolecular Hbond substituents is 1. The molecule has 7 nitrogen and oxygen atoms in total. The van der Waals surface area contributed by atoms with E-state index in [1.165, 1.54) is 35.5 Å². The summed E-state index contributed by atoms with van der Waals surface area (Å²) < 4.78 is 5.22. The lowest BCUT2D eigenvalue weighted by molar-refractivity contribution is -0.117. The molecule has 3 aromatic carbocycles. The topological polar surface area (TPSA) is 100.0 Å². The van der Waals surface area contributed by atoms with Crippen molar-refractivity contribution in [3.8, 4) is 22.1 Å². The average Bonchev–Trinajstić information content (AvgIpc) is 3.41. The van der Waals surface area contributed by atoms with Crippen molar-refractivity contribution < 1.29 is 24.5 Å². The fourth-order valence-electron chi connectivity index (χ4n) is 4.29. The fourth-order valence-corrected chi connectivity index (χ4v) is 5.32. The number of hydrogen-bond donors (Lipinski definition) is 2. The van der Waals surface area contributed by atoms with Crippen LogP contribution in [0.25, 0.3) is 10.6 Å². The summed E-state index contributed by atoms with van der Waals surface area (Å²) >= 11 is 1.21. The van der Waals surface area contributed by atoms with E-state index in [-0.39, 0.29) is 11.3 Å². The highest BCUT2D eigenvalue weighted by Gasteiger charge is 2.45. The Labute approximate surface area is 211 Å². The van der Waals surface area contributed by atoms with Gasteiger partial charge in [-0.05, 0) is 48.9 Å². The molecule has 36 heavy (non-hydrogen) atoms. The Balaban J connectivity index is 1.62. The van der Waals surface area contributed by atoms with Crippen LogP contribution in [0.2, 0.25) is 0 Å². The van der Waals surface area contributed by atoms with Crippen LogP contribution in [0, 0.1) is 6.92 Å². The number of aromatic nitrogens is 1. The Morgan fingerprint density at radius 1 is 1.00 bits per heavy atom. The zero-order chi connectivity index (χ0) is 25.4. The molecule has 0 saturated carbocycles. The number of Topliss-reactive ketones (excluding diaryl/α,β-unsaturated/α-hetero) is 1. The lowest BCUT2D eigenvalue weighted by Crippen LogP contribution is -2.31. The number of carbonyl (C=O) groups excluding carboxylic acids is 2. The van der Waals surface area contributed by atoms with E-state index in [1.54, 1.807) is 43.3 Å². The number of amides is 1. The summed E-state index contributed by atoms with van der Waals surface area (Å²) in [6, 6.07) is 21.6. The Hall–Kier alpha value is -4.43. The summed E-state index contributed by atoms with van der Waals surface area (Å²) in [7, 11) is 1.54. The van der Waals surface area contributed by atoms with Gasteiger partial charge < -0.3 is 14.9 Å². The van der Waals surface area contributed by atoms with E-state index in [0.717, 1.165) is 5.56 Å². The molecule has 0 bridgehead atoms. The summed E-state index contributed by atoms with van der Waals surface area (Å²) in [4.78, 5) is 33.5. The minimum atomic E-state index is -0.952. The monoisotopic (exact) mass is 498 g/mol. The van der Waals surface area contributed by atoms with Gasteiger partial charge in [-0.25, -0.2) is 4.98 Å². The molecule has 1 amide bonds. The van der Waals surface area contributed by atoms with Gasteiger partial charge in [0.15, 0.2) is 5.76 Å². The Morgan fingerprint density at radius 3 is 2.39 bits per heavy atom. The summed E-state index contributed by atoms with van der Waals surface area (Å²) in [6.45, 7) is 1.73. The average molecular weight is 499 g/mol. The number of carbonyl (C=O) groups is 2. The van der Waals surface area contributed by atoms with E-state index in [9.17, 15) is 19.8 Å². The van der Waals surface area contributed by atoms with Crippen LogP contribution < -0.4 is 9.64 Å². The lowest BCUT2D eigenvalue weighted by atomic mass is 9.94. The van der Waals surface area contributed by atoms with Gasteiger partial charge >= 0.3 is 0 Å². The number of methoxy groups -OCH3 is 1. The van der Waals surface area contributed by atoms with Crippen LogP contribution in [0.1, 0.15) is 27.0 Å². The second kappa shape index (κ2) is 9.31. The highest BCUT2D eigenvalue weighted by atomic mass is 32.1. The number of ketones is 1. The summed E-state index contributed by atoms with van der Waals surface area (Å²) in [5, 5.41) is 21.8. The lowest BCUT2D eigenvalue weighted by Gasteiger charge is -2.27. The minimum absolute atomic E-state index is 0.0202. The number of benzene rings is 3. The smallest absolute Gasteiger partial charge is 0.294 e. The largest absolute Gasteiger partial charge is 0.508 e. The second-order valence-corrected chi connectivity index (χ2v) is 9.26. The number of thiazole rings is 1. The van der Waals surface area contributed by atoms with E-state index >= 15 is 0 Å². The Morgan fingerprint density at radius 2 is 1.72 bits per heavy atom. The number of aromatic hydroxyl groups is 1. The molecule has 1 aromatic heterocycles. The maximum atomic E-state index is 13.9. The van der Waals surface area contributed by atoms with Gasteiger partial charge in [-0.1, -0.05) is 42.5 Å². The van der Waals surface area contributed by atoms with E-state index in [1.807, 2.05) is 30.3 Å². The zero-order valence-electron chi connectivity index (χ0n) is 19.5. The van der Waals surface area contributed by atoms with Crippen molar-refractivity contribution in [2.75, 3.05) is 12.0 Å². The number of aliphatic hydroxyl groups excluding tert-OH is 1. The van der Waals surface area contributed by atoms with Gasteiger partial charge in [0.05, 0.1) is 29.3 Å². The molecule has 2 N–H and O–H groups in total. The van der Waals surface area contributed by atoms with Crippen LogP contribution in [0.3, 0.4) is 0 Å². The molecular formula is C28H22N2O5S. The Bertz CT molecular complexity index is 1490. The van der Waals surface area contributed by atoms with Crippen molar-refractivity contribution in [2.45, 2.75) is 13.0 Å². The molecule has 0 radical (unpaired) electrons. The van der Waals surface area contributed by atoms with Gasteiger partial charge in [0.2, 0.25) is 5.78 Å².